The molecule has 100 valence electrons. The number of methoxy groups -OCH3 is 1. The van der Waals surface area contributed by atoms with E-state index in [-0.39, 0.29) is 0 Å². The number of hydrogen-bond donors (Lipinski definition) is 1. The van der Waals surface area contributed by atoms with Crippen molar-refractivity contribution in [3.05, 3.63) is 28.8 Å². The van der Waals surface area contributed by atoms with Crippen molar-refractivity contribution in [2.45, 2.75) is 52.0 Å². The van der Waals surface area contributed by atoms with Gasteiger partial charge in [-0.15, -0.1) is 0 Å². The maximum absolute atomic E-state index is 5.35. The van der Waals surface area contributed by atoms with E-state index >= 15 is 0 Å². The van der Waals surface area contributed by atoms with Gasteiger partial charge in [-0.2, -0.15) is 0 Å². The van der Waals surface area contributed by atoms with Crippen LogP contribution in [0.2, 0.25) is 0 Å². The SMILES string of the molecule is COc1cc(C)c(CCNC2CCCC2)cc1C. The maximum Gasteiger partial charge on any atom is 0.122 e. The van der Waals surface area contributed by atoms with Gasteiger partial charge in [-0.05, 0) is 62.4 Å². The lowest BCUT2D eigenvalue weighted by Crippen LogP contribution is -2.28. The first-order chi connectivity index (χ1) is 8.70. The summed E-state index contributed by atoms with van der Waals surface area (Å²) in [6, 6.07) is 5.19. The number of benzene rings is 1. The zero-order valence-corrected chi connectivity index (χ0v) is 11.9. The summed E-state index contributed by atoms with van der Waals surface area (Å²) < 4.78 is 5.35. The van der Waals surface area contributed by atoms with Crippen molar-refractivity contribution in [3.8, 4) is 5.75 Å². The van der Waals surface area contributed by atoms with Crippen molar-refractivity contribution in [2.24, 2.45) is 0 Å². The highest BCUT2D eigenvalue weighted by Gasteiger charge is 2.13. The third-order valence-electron chi connectivity index (χ3n) is 4.04. The highest BCUT2D eigenvalue weighted by molar-refractivity contribution is 5.41. The standard InChI is InChI=1S/C16H25NO/c1-12-11-16(18-3)13(2)10-14(12)8-9-17-15-6-4-5-7-15/h10-11,15,17H,4-9H2,1-3H3. The zero-order valence-electron chi connectivity index (χ0n) is 11.9. The van der Waals surface area contributed by atoms with Crippen LogP contribution in [-0.4, -0.2) is 19.7 Å². The lowest BCUT2D eigenvalue weighted by molar-refractivity contribution is 0.411. The van der Waals surface area contributed by atoms with E-state index in [2.05, 4.69) is 31.3 Å². The molecule has 1 N–H and O–H groups in total. The largest absolute Gasteiger partial charge is 0.496 e. The summed E-state index contributed by atoms with van der Waals surface area (Å²) in [5.74, 6) is 1.00. The predicted molar refractivity (Wildman–Crippen MR) is 76.4 cm³/mol. The van der Waals surface area contributed by atoms with Gasteiger partial charge in [-0.3, -0.25) is 0 Å². The molecule has 0 heterocycles. The topological polar surface area (TPSA) is 21.3 Å². The van der Waals surface area contributed by atoms with Gasteiger partial charge in [0.25, 0.3) is 0 Å². The predicted octanol–water partition coefficient (Wildman–Crippen LogP) is 3.39. The van der Waals surface area contributed by atoms with E-state index in [4.69, 9.17) is 4.74 Å². The molecule has 0 aromatic heterocycles. The molecule has 1 saturated carbocycles. The summed E-state index contributed by atoms with van der Waals surface area (Å²) in [6.07, 6.45) is 6.64. The van der Waals surface area contributed by atoms with Crippen LogP contribution in [0.5, 0.6) is 5.75 Å². The van der Waals surface area contributed by atoms with Gasteiger partial charge >= 0.3 is 0 Å². The Hall–Kier alpha value is -1.02. The van der Waals surface area contributed by atoms with Gasteiger partial charge in [0.1, 0.15) is 5.75 Å². The minimum absolute atomic E-state index is 0.768. The van der Waals surface area contributed by atoms with Crippen LogP contribution >= 0.6 is 0 Å². The lowest BCUT2D eigenvalue weighted by Gasteiger charge is -2.14. The summed E-state index contributed by atoms with van der Waals surface area (Å²) >= 11 is 0. The fraction of sp³-hybridized carbons (Fsp3) is 0.625. The Balaban J connectivity index is 1.90. The van der Waals surface area contributed by atoms with Crippen molar-refractivity contribution >= 4 is 0 Å². The van der Waals surface area contributed by atoms with E-state index in [0.717, 1.165) is 24.8 Å². The Morgan fingerprint density at radius 3 is 2.56 bits per heavy atom. The van der Waals surface area contributed by atoms with Gasteiger partial charge in [0, 0.05) is 6.04 Å². The fourth-order valence-corrected chi connectivity index (χ4v) is 2.88. The first-order valence-corrected chi connectivity index (χ1v) is 7.08. The summed E-state index contributed by atoms with van der Waals surface area (Å²) in [5, 5.41) is 3.67. The third-order valence-corrected chi connectivity index (χ3v) is 4.04. The van der Waals surface area contributed by atoms with Crippen LogP contribution in [0, 0.1) is 13.8 Å². The van der Waals surface area contributed by atoms with Crippen LogP contribution in [0.4, 0.5) is 0 Å². The summed E-state index contributed by atoms with van der Waals surface area (Å²) in [7, 11) is 1.74. The van der Waals surface area contributed by atoms with Crippen molar-refractivity contribution in [1.29, 1.82) is 0 Å². The number of nitrogens with one attached hydrogen (secondary N) is 1. The molecule has 1 aromatic carbocycles. The number of ether oxygens (including phenoxy) is 1. The average Bonchev–Trinajstić information content (AvgIpc) is 2.86. The maximum atomic E-state index is 5.35. The Labute approximate surface area is 111 Å². The van der Waals surface area contributed by atoms with Crippen molar-refractivity contribution < 1.29 is 4.74 Å². The molecule has 1 fully saturated rings. The number of rotatable bonds is 5. The summed E-state index contributed by atoms with van der Waals surface area (Å²) in [6.45, 7) is 5.39. The zero-order chi connectivity index (χ0) is 13.0. The molecule has 0 unspecified atom stereocenters. The van der Waals surface area contributed by atoms with E-state index in [0.29, 0.717) is 0 Å². The highest BCUT2D eigenvalue weighted by Crippen LogP contribution is 2.23. The highest BCUT2D eigenvalue weighted by atomic mass is 16.5. The Kier molecular flexibility index (Phi) is 4.65. The Morgan fingerprint density at radius 2 is 1.89 bits per heavy atom. The van der Waals surface area contributed by atoms with Gasteiger partial charge in [-0.25, -0.2) is 0 Å². The molecule has 0 spiro atoms. The van der Waals surface area contributed by atoms with E-state index in [1.54, 1.807) is 7.11 Å². The number of hydrogen-bond acceptors (Lipinski definition) is 2. The monoisotopic (exact) mass is 247 g/mol. The molecule has 0 saturated heterocycles. The molecule has 18 heavy (non-hydrogen) atoms. The first-order valence-electron chi connectivity index (χ1n) is 7.08. The molecular weight excluding hydrogens is 222 g/mol. The second-order valence-electron chi connectivity index (χ2n) is 5.43. The minimum atomic E-state index is 0.768. The molecule has 1 aliphatic rings. The fourth-order valence-electron chi connectivity index (χ4n) is 2.88. The quantitative estimate of drug-likeness (QED) is 0.861. The van der Waals surface area contributed by atoms with Crippen LogP contribution < -0.4 is 10.1 Å². The molecule has 0 aliphatic heterocycles. The smallest absolute Gasteiger partial charge is 0.122 e. The second-order valence-corrected chi connectivity index (χ2v) is 5.43. The Bertz CT molecular complexity index is 394. The molecule has 0 bridgehead atoms. The van der Waals surface area contributed by atoms with Gasteiger partial charge in [0.2, 0.25) is 0 Å². The first kappa shape index (κ1) is 13.4. The molecule has 0 atom stereocenters. The van der Waals surface area contributed by atoms with Gasteiger partial charge in [0.05, 0.1) is 7.11 Å². The molecule has 2 nitrogen and oxygen atoms in total. The average molecular weight is 247 g/mol. The summed E-state index contributed by atoms with van der Waals surface area (Å²) in [5.41, 5.74) is 4.02. The van der Waals surface area contributed by atoms with Gasteiger partial charge in [-0.1, -0.05) is 18.9 Å². The van der Waals surface area contributed by atoms with Crippen molar-refractivity contribution in [2.75, 3.05) is 13.7 Å². The minimum Gasteiger partial charge on any atom is -0.496 e. The molecule has 1 aromatic rings. The molecule has 1 aliphatic carbocycles. The van der Waals surface area contributed by atoms with Crippen LogP contribution in [0.15, 0.2) is 12.1 Å². The van der Waals surface area contributed by atoms with Crippen molar-refractivity contribution in [1.82, 2.24) is 5.32 Å². The summed E-state index contributed by atoms with van der Waals surface area (Å²) in [4.78, 5) is 0. The lowest BCUT2D eigenvalue weighted by atomic mass is 10.0. The molecule has 2 heteroatoms. The molecule has 2 rings (SSSR count). The van der Waals surface area contributed by atoms with E-state index in [1.165, 1.54) is 42.4 Å². The second kappa shape index (κ2) is 6.24. The van der Waals surface area contributed by atoms with E-state index in [1.807, 2.05) is 0 Å². The van der Waals surface area contributed by atoms with Gasteiger partial charge in [0.15, 0.2) is 0 Å². The normalized spacial score (nSPS) is 16.2. The van der Waals surface area contributed by atoms with Crippen LogP contribution in [-0.2, 0) is 6.42 Å². The third kappa shape index (κ3) is 3.26. The van der Waals surface area contributed by atoms with E-state index in [9.17, 15) is 0 Å². The van der Waals surface area contributed by atoms with Crippen LogP contribution in [0.1, 0.15) is 42.4 Å². The molecule has 0 radical (unpaired) electrons. The van der Waals surface area contributed by atoms with Crippen molar-refractivity contribution in [3.63, 3.8) is 0 Å². The van der Waals surface area contributed by atoms with Gasteiger partial charge < -0.3 is 10.1 Å². The van der Waals surface area contributed by atoms with Crippen LogP contribution in [0.3, 0.4) is 0 Å². The molecular formula is C16H25NO. The Morgan fingerprint density at radius 1 is 1.17 bits per heavy atom. The number of aryl methyl sites for hydroxylation is 2. The van der Waals surface area contributed by atoms with Crippen LogP contribution in [0.25, 0.3) is 0 Å². The van der Waals surface area contributed by atoms with E-state index < -0.39 is 0 Å². The molecule has 0 amide bonds.